The summed E-state index contributed by atoms with van der Waals surface area (Å²) in [4.78, 5) is 46.0. The van der Waals surface area contributed by atoms with Gasteiger partial charge in [0, 0.05) is 18.9 Å². The van der Waals surface area contributed by atoms with Gasteiger partial charge in [-0.05, 0) is 18.1 Å². The second kappa shape index (κ2) is 8.28. The van der Waals surface area contributed by atoms with E-state index in [2.05, 4.69) is 10.6 Å². The Labute approximate surface area is 149 Å². The zero-order valence-corrected chi connectivity index (χ0v) is 14.3. The van der Waals surface area contributed by atoms with Crippen molar-refractivity contribution in [3.8, 4) is 5.75 Å². The summed E-state index contributed by atoms with van der Waals surface area (Å²) in [5.74, 6) is -1.34. The molecule has 2 N–H and O–H groups in total. The third-order valence-corrected chi connectivity index (χ3v) is 3.99. The Morgan fingerprint density at radius 3 is 2.69 bits per heavy atom. The highest BCUT2D eigenvalue weighted by Crippen LogP contribution is 2.28. The SMILES string of the molecule is COC(=O)[C@H](Cc1ccc(OC)c([N+](=O)[O-])c1)NC(=O)[C@@H]1CCC(=O)N1. The summed E-state index contributed by atoms with van der Waals surface area (Å²) in [6, 6.07) is 2.50. The van der Waals surface area contributed by atoms with E-state index in [9.17, 15) is 24.5 Å². The molecule has 0 unspecified atom stereocenters. The largest absolute Gasteiger partial charge is 0.490 e. The second-order valence-electron chi connectivity index (χ2n) is 5.71. The van der Waals surface area contributed by atoms with Gasteiger partial charge in [-0.2, -0.15) is 0 Å². The van der Waals surface area contributed by atoms with E-state index in [1.165, 1.54) is 26.4 Å². The van der Waals surface area contributed by atoms with Gasteiger partial charge in [0.25, 0.3) is 0 Å². The number of nitro benzene ring substituents is 1. The Hall–Kier alpha value is -3.17. The number of carbonyl (C=O) groups is 3. The quantitative estimate of drug-likeness (QED) is 0.397. The lowest BCUT2D eigenvalue weighted by Gasteiger charge is -2.19. The summed E-state index contributed by atoms with van der Waals surface area (Å²) in [5.41, 5.74) is 0.201. The first-order valence-electron chi connectivity index (χ1n) is 7.84. The van der Waals surface area contributed by atoms with Crippen LogP contribution in [0.1, 0.15) is 18.4 Å². The molecular weight excluding hydrogens is 346 g/mol. The zero-order valence-electron chi connectivity index (χ0n) is 14.3. The lowest BCUT2D eigenvalue weighted by Crippen LogP contribution is -2.50. The summed E-state index contributed by atoms with van der Waals surface area (Å²) in [5, 5.41) is 16.2. The molecule has 1 aromatic carbocycles. The number of esters is 1. The Bertz CT molecular complexity index is 735. The number of nitrogens with zero attached hydrogens (tertiary/aromatic N) is 1. The average molecular weight is 365 g/mol. The predicted molar refractivity (Wildman–Crippen MR) is 88.5 cm³/mol. The molecule has 26 heavy (non-hydrogen) atoms. The van der Waals surface area contributed by atoms with E-state index < -0.39 is 28.9 Å². The number of nitrogens with one attached hydrogen (secondary N) is 2. The molecule has 2 amide bonds. The molecule has 0 aliphatic carbocycles. The summed E-state index contributed by atoms with van der Waals surface area (Å²) in [6.07, 6.45) is 0.572. The van der Waals surface area contributed by atoms with Crippen molar-refractivity contribution in [2.24, 2.45) is 0 Å². The highest BCUT2D eigenvalue weighted by atomic mass is 16.6. The number of methoxy groups -OCH3 is 2. The molecule has 1 aliphatic rings. The van der Waals surface area contributed by atoms with Crippen LogP contribution in [0.3, 0.4) is 0 Å². The van der Waals surface area contributed by atoms with Gasteiger partial charge in [-0.15, -0.1) is 0 Å². The zero-order chi connectivity index (χ0) is 19.3. The Kier molecular flexibility index (Phi) is 6.10. The van der Waals surface area contributed by atoms with Crippen LogP contribution in [0.25, 0.3) is 0 Å². The predicted octanol–water partition coefficient (Wildman–Crippen LogP) is 0.0823. The van der Waals surface area contributed by atoms with Gasteiger partial charge in [-0.1, -0.05) is 6.07 Å². The molecule has 1 fully saturated rings. The number of nitro groups is 1. The number of ether oxygens (including phenoxy) is 2. The minimum absolute atomic E-state index is 0.0100. The van der Waals surface area contributed by atoms with Crippen LogP contribution in [0.4, 0.5) is 5.69 Å². The fourth-order valence-corrected chi connectivity index (χ4v) is 2.66. The van der Waals surface area contributed by atoms with Gasteiger partial charge in [-0.25, -0.2) is 4.79 Å². The lowest BCUT2D eigenvalue weighted by molar-refractivity contribution is -0.385. The maximum atomic E-state index is 12.2. The van der Waals surface area contributed by atoms with Gasteiger partial charge in [0.05, 0.1) is 19.1 Å². The minimum atomic E-state index is -1.04. The number of hydrogen-bond acceptors (Lipinski definition) is 7. The molecule has 10 heteroatoms. The first kappa shape index (κ1) is 19.2. The molecule has 1 saturated heterocycles. The van der Waals surface area contributed by atoms with E-state index in [4.69, 9.17) is 9.47 Å². The van der Waals surface area contributed by atoms with Crippen LogP contribution in [0.15, 0.2) is 18.2 Å². The van der Waals surface area contributed by atoms with Crippen LogP contribution < -0.4 is 15.4 Å². The maximum absolute atomic E-state index is 12.2. The van der Waals surface area contributed by atoms with Crippen molar-refractivity contribution in [1.82, 2.24) is 10.6 Å². The van der Waals surface area contributed by atoms with Crippen LogP contribution in [-0.4, -0.2) is 49.0 Å². The third-order valence-electron chi connectivity index (χ3n) is 3.99. The molecule has 140 valence electrons. The van der Waals surface area contributed by atoms with Gasteiger partial charge in [0.1, 0.15) is 12.1 Å². The summed E-state index contributed by atoms with van der Waals surface area (Å²) < 4.78 is 9.63. The number of rotatable bonds is 7. The molecule has 0 radical (unpaired) electrons. The normalized spacial score (nSPS) is 17.2. The van der Waals surface area contributed by atoms with Crippen molar-refractivity contribution in [3.63, 3.8) is 0 Å². The fourth-order valence-electron chi connectivity index (χ4n) is 2.66. The van der Waals surface area contributed by atoms with E-state index in [1.807, 2.05) is 0 Å². The van der Waals surface area contributed by atoms with Crippen molar-refractivity contribution < 1.29 is 28.8 Å². The first-order valence-corrected chi connectivity index (χ1v) is 7.84. The summed E-state index contributed by atoms with van der Waals surface area (Å²) in [6.45, 7) is 0. The van der Waals surface area contributed by atoms with E-state index in [0.29, 0.717) is 12.0 Å². The minimum Gasteiger partial charge on any atom is -0.490 e. The van der Waals surface area contributed by atoms with E-state index in [-0.39, 0.29) is 30.2 Å². The molecule has 2 rings (SSSR count). The highest BCUT2D eigenvalue weighted by molar-refractivity contribution is 5.93. The van der Waals surface area contributed by atoms with Crippen LogP contribution in [-0.2, 0) is 25.5 Å². The summed E-state index contributed by atoms with van der Waals surface area (Å²) in [7, 11) is 2.49. The molecule has 0 saturated carbocycles. The standard InChI is InChI=1S/C16H19N3O7/c1-25-13-5-3-9(8-12(13)19(23)24)7-11(16(22)26-2)18-15(21)10-4-6-14(20)17-10/h3,5,8,10-11H,4,6-7H2,1-2H3,(H,17,20)(H,18,21)/t10-,11-/m0/s1. The molecule has 10 nitrogen and oxygen atoms in total. The van der Waals surface area contributed by atoms with E-state index >= 15 is 0 Å². The van der Waals surface area contributed by atoms with Gasteiger partial charge in [-0.3, -0.25) is 19.7 Å². The molecule has 2 atom stereocenters. The summed E-state index contributed by atoms with van der Waals surface area (Å²) >= 11 is 0. The molecule has 0 aromatic heterocycles. The number of hydrogen-bond donors (Lipinski definition) is 2. The smallest absolute Gasteiger partial charge is 0.328 e. The highest BCUT2D eigenvalue weighted by Gasteiger charge is 2.31. The van der Waals surface area contributed by atoms with Gasteiger partial charge >= 0.3 is 11.7 Å². The van der Waals surface area contributed by atoms with Crippen molar-refractivity contribution >= 4 is 23.5 Å². The average Bonchev–Trinajstić information content (AvgIpc) is 3.06. The topological polar surface area (TPSA) is 137 Å². The van der Waals surface area contributed by atoms with Crippen LogP contribution in [0.2, 0.25) is 0 Å². The third kappa shape index (κ3) is 4.47. The lowest BCUT2D eigenvalue weighted by atomic mass is 10.0. The molecule has 0 bridgehead atoms. The maximum Gasteiger partial charge on any atom is 0.328 e. The second-order valence-corrected chi connectivity index (χ2v) is 5.71. The molecule has 1 heterocycles. The van der Waals surface area contributed by atoms with Crippen molar-refractivity contribution in [1.29, 1.82) is 0 Å². The van der Waals surface area contributed by atoms with Crippen molar-refractivity contribution in [3.05, 3.63) is 33.9 Å². The van der Waals surface area contributed by atoms with Crippen molar-refractivity contribution in [2.45, 2.75) is 31.3 Å². The number of carbonyl (C=O) groups excluding carboxylic acids is 3. The Morgan fingerprint density at radius 2 is 2.15 bits per heavy atom. The van der Waals surface area contributed by atoms with Crippen LogP contribution in [0, 0.1) is 10.1 Å². The van der Waals surface area contributed by atoms with Gasteiger partial charge in [0.2, 0.25) is 11.8 Å². The van der Waals surface area contributed by atoms with Gasteiger partial charge < -0.3 is 20.1 Å². The Morgan fingerprint density at radius 1 is 1.42 bits per heavy atom. The first-order chi connectivity index (χ1) is 12.3. The monoisotopic (exact) mass is 365 g/mol. The molecular formula is C16H19N3O7. The Balaban J connectivity index is 2.16. The van der Waals surface area contributed by atoms with Crippen molar-refractivity contribution in [2.75, 3.05) is 14.2 Å². The molecule has 1 aliphatic heterocycles. The number of benzene rings is 1. The number of amides is 2. The van der Waals surface area contributed by atoms with Crippen LogP contribution >= 0.6 is 0 Å². The van der Waals surface area contributed by atoms with E-state index in [1.54, 1.807) is 6.07 Å². The van der Waals surface area contributed by atoms with Crippen LogP contribution in [0.5, 0.6) is 5.75 Å². The van der Waals surface area contributed by atoms with Gasteiger partial charge in [0.15, 0.2) is 5.75 Å². The molecule has 1 aromatic rings. The molecule has 0 spiro atoms. The fraction of sp³-hybridized carbons (Fsp3) is 0.438. The van der Waals surface area contributed by atoms with E-state index in [0.717, 1.165) is 0 Å².